The summed E-state index contributed by atoms with van der Waals surface area (Å²) >= 11 is 1.32. The highest BCUT2D eigenvalue weighted by molar-refractivity contribution is 7.98. The average molecular weight is 232 g/mol. The molecular weight excluding hydrogens is 220 g/mol. The standard InChI is InChI=1S/C8H12N2O4S/c11-2-6(12)4-15-3-5-1-7(13)10-8(14)9-5/h1,6,11-12H,2-4H2,(H2,9,10,13,14). The Morgan fingerprint density at radius 2 is 2.13 bits per heavy atom. The molecule has 15 heavy (non-hydrogen) atoms. The Kier molecular flexibility index (Phi) is 4.60. The van der Waals surface area contributed by atoms with E-state index < -0.39 is 17.4 Å². The van der Waals surface area contributed by atoms with Crippen LogP contribution in [0, 0.1) is 0 Å². The third-order valence-electron chi connectivity index (χ3n) is 1.59. The van der Waals surface area contributed by atoms with Crippen LogP contribution in [-0.2, 0) is 5.75 Å². The van der Waals surface area contributed by atoms with Crippen molar-refractivity contribution in [3.63, 3.8) is 0 Å². The van der Waals surface area contributed by atoms with Gasteiger partial charge in [-0.25, -0.2) is 4.79 Å². The van der Waals surface area contributed by atoms with Crippen LogP contribution >= 0.6 is 11.8 Å². The molecule has 0 saturated heterocycles. The van der Waals surface area contributed by atoms with Crippen LogP contribution in [0.5, 0.6) is 0 Å². The number of aliphatic hydroxyl groups is 2. The quantitative estimate of drug-likeness (QED) is 0.502. The van der Waals surface area contributed by atoms with E-state index in [-0.39, 0.29) is 6.61 Å². The van der Waals surface area contributed by atoms with Crippen LogP contribution in [0.15, 0.2) is 15.7 Å². The lowest BCUT2D eigenvalue weighted by Crippen LogP contribution is -2.23. The number of aromatic nitrogens is 2. The minimum atomic E-state index is -0.774. The van der Waals surface area contributed by atoms with Crippen LogP contribution in [0.2, 0.25) is 0 Å². The number of hydrogen-bond acceptors (Lipinski definition) is 5. The molecule has 0 amide bonds. The summed E-state index contributed by atoms with van der Waals surface area (Å²) in [7, 11) is 0. The normalized spacial score (nSPS) is 12.7. The minimum Gasteiger partial charge on any atom is -0.394 e. The molecule has 7 heteroatoms. The van der Waals surface area contributed by atoms with Gasteiger partial charge in [0.05, 0.1) is 12.7 Å². The fraction of sp³-hybridized carbons (Fsp3) is 0.500. The van der Waals surface area contributed by atoms with Crippen LogP contribution in [0.25, 0.3) is 0 Å². The molecule has 0 spiro atoms. The van der Waals surface area contributed by atoms with E-state index in [1.54, 1.807) is 0 Å². The summed E-state index contributed by atoms with van der Waals surface area (Å²) in [6, 6.07) is 1.29. The van der Waals surface area contributed by atoms with Crippen molar-refractivity contribution in [1.82, 2.24) is 9.97 Å². The van der Waals surface area contributed by atoms with Crippen molar-refractivity contribution in [3.05, 3.63) is 32.6 Å². The van der Waals surface area contributed by atoms with Crippen molar-refractivity contribution in [3.8, 4) is 0 Å². The van der Waals surface area contributed by atoms with Gasteiger partial charge in [0.1, 0.15) is 0 Å². The van der Waals surface area contributed by atoms with E-state index in [0.717, 1.165) is 0 Å². The third kappa shape index (κ3) is 4.32. The number of hydrogen-bond donors (Lipinski definition) is 4. The lowest BCUT2D eigenvalue weighted by atomic mass is 10.4. The summed E-state index contributed by atoms with van der Waals surface area (Å²) in [4.78, 5) is 26.3. The second kappa shape index (κ2) is 5.74. The molecule has 0 aliphatic rings. The summed E-state index contributed by atoms with van der Waals surface area (Å²) < 4.78 is 0. The van der Waals surface area contributed by atoms with Crippen molar-refractivity contribution in [2.24, 2.45) is 0 Å². The largest absolute Gasteiger partial charge is 0.394 e. The number of rotatable bonds is 5. The van der Waals surface area contributed by atoms with E-state index >= 15 is 0 Å². The molecule has 0 bridgehead atoms. The molecule has 1 aromatic rings. The summed E-state index contributed by atoms with van der Waals surface area (Å²) in [6.07, 6.45) is -0.774. The summed E-state index contributed by atoms with van der Waals surface area (Å²) in [5, 5.41) is 17.6. The first-order valence-electron chi connectivity index (χ1n) is 4.31. The van der Waals surface area contributed by atoms with Gasteiger partial charge in [0, 0.05) is 23.3 Å². The molecule has 0 radical (unpaired) electrons. The van der Waals surface area contributed by atoms with Crippen molar-refractivity contribution in [2.45, 2.75) is 11.9 Å². The van der Waals surface area contributed by atoms with Gasteiger partial charge in [0.25, 0.3) is 5.56 Å². The first kappa shape index (κ1) is 12.0. The van der Waals surface area contributed by atoms with Crippen LogP contribution in [0.4, 0.5) is 0 Å². The first-order chi connectivity index (χ1) is 7.11. The fourth-order valence-corrected chi connectivity index (χ4v) is 1.83. The molecule has 0 aromatic carbocycles. The summed E-state index contributed by atoms with van der Waals surface area (Å²) in [5.74, 6) is 0.765. The number of H-pyrrole nitrogens is 2. The lowest BCUT2D eigenvalue weighted by molar-refractivity contribution is 0.113. The molecule has 1 heterocycles. The van der Waals surface area contributed by atoms with E-state index in [1.165, 1.54) is 17.8 Å². The molecular formula is C8H12N2O4S. The maximum Gasteiger partial charge on any atom is 0.325 e. The second-order valence-corrected chi connectivity index (χ2v) is 3.99. The van der Waals surface area contributed by atoms with Crippen LogP contribution in [-0.4, -0.2) is 38.6 Å². The molecule has 0 saturated carbocycles. The number of aliphatic hydroxyl groups excluding tert-OH is 2. The Bertz CT molecular complexity index is 385. The SMILES string of the molecule is O=c1cc(CSCC(O)CO)[nH]c(=O)[nH]1. The van der Waals surface area contributed by atoms with Crippen LogP contribution < -0.4 is 11.2 Å². The van der Waals surface area contributed by atoms with Gasteiger partial charge in [0.15, 0.2) is 0 Å². The van der Waals surface area contributed by atoms with Gasteiger partial charge < -0.3 is 15.2 Å². The molecule has 0 aliphatic carbocycles. The van der Waals surface area contributed by atoms with E-state index in [0.29, 0.717) is 17.2 Å². The van der Waals surface area contributed by atoms with Crippen molar-refractivity contribution >= 4 is 11.8 Å². The van der Waals surface area contributed by atoms with Gasteiger partial charge in [-0.3, -0.25) is 9.78 Å². The fourth-order valence-electron chi connectivity index (χ4n) is 0.955. The predicted octanol–water partition coefficient (Wildman–Crippen LogP) is -1.35. The summed E-state index contributed by atoms with van der Waals surface area (Å²) in [5.41, 5.74) is -0.489. The van der Waals surface area contributed by atoms with Gasteiger partial charge in [0.2, 0.25) is 0 Å². The maximum atomic E-state index is 10.9. The smallest absolute Gasteiger partial charge is 0.325 e. The Morgan fingerprint density at radius 3 is 2.73 bits per heavy atom. The third-order valence-corrected chi connectivity index (χ3v) is 2.73. The van der Waals surface area contributed by atoms with Gasteiger partial charge in [-0.05, 0) is 0 Å². The first-order valence-corrected chi connectivity index (χ1v) is 5.46. The Balaban J connectivity index is 2.51. The molecule has 1 aromatic heterocycles. The average Bonchev–Trinajstić information content (AvgIpc) is 2.16. The predicted molar refractivity (Wildman–Crippen MR) is 56.9 cm³/mol. The van der Waals surface area contributed by atoms with Crippen molar-refractivity contribution in [1.29, 1.82) is 0 Å². The lowest BCUT2D eigenvalue weighted by Gasteiger charge is -2.05. The van der Waals surface area contributed by atoms with E-state index in [1.807, 2.05) is 0 Å². The van der Waals surface area contributed by atoms with Gasteiger partial charge in [-0.2, -0.15) is 11.8 Å². The second-order valence-electron chi connectivity index (χ2n) is 2.96. The highest BCUT2D eigenvalue weighted by Gasteiger charge is 2.03. The topological polar surface area (TPSA) is 106 Å². The monoisotopic (exact) mass is 232 g/mol. The highest BCUT2D eigenvalue weighted by atomic mass is 32.2. The molecule has 84 valence electrons. The van der Waals surface area contributed by atoms with E-state index in [9.17, 15) is 9.59 Å². The van der Waals surface area contributed by atoms with Gasteiger partial charge >= 0.3 is 5.69 Å². The molecule has 1 unspecified atom stereocenters. The van der Waals surface area contributed by atoms with Crippen LogP contribution in [0.3, 0.4) is 0 Å². The zero-order valence-electron chi connectivity index (χ0n) is 7.90. The van der Waals surface area contributed by atoms with Gasteiger partial charge in [-0.15, -0.1) is 0 Å². The summed E-state index contributed by atoms with van der Waals surface area (Å²) in [6.45, 7) is -0.293. The van der Waals surface area contributed by atoms with Crippen molar-refractivity contribution < 1.29 is 10.2 Å². The van der Waals surface area contributed by atoms with E-state index in [4.69, 9.17) is 10.2 Å². The zero-order valence-corrected chi connectivity index (χ0v) is 8.71. The van der Waals surface area contributed by atoms with Gasteiger partial charge in [-0.1, -0.05) is 0 Å². The Hall–Kier alpha value is -1.05. The molecule has 1 atom stereocenters. The Labute approximate surface area is 89.4 Å². The minimum absolute atomic E-state index is 0.293. The number of thioether (sulfide) groups is 1. The molecule has 1 rings (SSSR count). The number of nitrogens with one attached hydrogen (secondary N) is 2. The molecule has 0 aliphatic heterocycles. The zero-order chi connectivity index (χ0) is 11.3. The van der Waals surface area contributed by atoms with Crippen molar-refractivity contribution in [2.75, 3.05) is 12.4 Å². The molecule has 6 nitrogen and oxygen atoms in total. The molecule has 0 fully saturated rings. The highest BCUT2D eigenvalue weighted by Crippen LogP contribution is 2.08. The Morgan fingerprint density at radius 1 is 1.40 bits per heavy atom. The van der Waals surface area contributed by atoms with E-state index in [2.05, 4.69) is 9.97 Å². The molecule has 4 N–H and O–H groups in total. The number of aromatic amines is 2. The van der Waals surface area contributed by atoms with Crippen LogP contribution in [0.1, 0.15) is 5.69 Å². The maximum absolute atomic E-state index is 10.9.